The SMILES string of the molecule is O=c1c2c(ncn1Cc1ccc(F)c(Br)c1)CNCC2. The summed E-state index contributed by atoms with van der Waals surface area (Å²) in [5.41, 5.74) is 2.47. The second-order valence-corrected chi connectivity index (χ2v) is 5.63. The van der Waals surface area contributed by atoms with Crippen LogP contribution in [0.2, 0.25) is 0 Å². The third kappa shape index (κ3) is 2.53. The first-order chi connectivity index (χ1) is 9.65. The molecule has 4 nitrogen and oxygen atoms in total. The Morgan fingerprint density at radius 2 is 2.30 bits per heavy atom. The first kappa shape index (κ1) is 13.5. The normalized spacial score (nSPS) is 14.1. The summed E-state index contributed by atoms with van der Waals surface area (Å²) in [5, 5.41) is 3.19. The fraction of sp³-hybridized carbons (Fsp3) is 0.286. The van der Waals surface area contributed by atoms with E-state index >= 15 is 0 Å². The largest absolute Gasteiger partial charge is 0.311 e. The van der Waals surface area contributed by atoms with Gasteiger partial charge in [0.25, 0.3) is 5.56 Å². The molecule has 0 fully saturated rings. The summed E-state index contributed by atoms with van der Waals surface area (Å²) in [6.07, 6.45) is 2.26. The van der Waals surface area contributed by atoms with E-state index in [1.807, 2.05) is 0 Å². The highest BCUT2D eigenvalue weighted by molar-refractivity contribution is 9.10. The van der Waals surface area contributed by atoms with Crippen LogP contribution < -0.4 is 10.9 Å². The number of benzene rings is 1. The van der Waals surface area contributed by atoms with Gasteiger partial charge in [0.05, 0.1) is 23.0 Å². The zero-order chi connectivity index (χ0) is 14.1. The molecule has 3 rings (SSSR count). The smallest absolute Gasteiger partial charge is 0.257 e. The van der Waals surface area contributed by atoms with Gasteiger partial charge in [-0.15, -0.1) is 0 Å². The van der Waals surface area contributed by atoms with Gasteiger partial charge in [-0.3, -0.25) is 9.36 Å². The lowest BCUT2D eigenvalue weighted by Gasteiger charge is -2.17. The van der Waals surface area contributed by atoms with E-state index < -0.39 is 0 Å². The monoisotopic (exact) mass is 337 g/mol. The molecule has 1 N–H and O–H groups in total. The lowest BCUT2D eigenvalue weighted by Crippen LogP contribution is -2.34. The Kier molecular flexibility index (Phi) is 3.67. The predicted molar refractivity (Wildman–Crippen MR) is 77.1 cm³/mol. The van der Waals surface area contributed by atoms with Crippen LogP contribution in [0.25, 0.3) is 0 Å². The Balaban J connectivity index is 1.95. The predicted octanol–water partition coefficient (Wildman–Crippen LogP) is 1.84. The van der Waals surface area contributed by atoms with Crippen LogP contribution in [-0.2, 0) is 19.5 Å². The third-order valence-electron chi connectivity index (χ3n) is 3.40. The molecule has 2 heterocycles. The van der Waals surface area contributed by atoms with Crippen molar-refractivity contribution in [1.82, 2.24) is 14.9 Å². The zero-order valence-corrected chi connectivity index (χ0v) is 12.3. The van der Waals surface area contributed by atoms with Gasteiger partial charge in [-0.25, -0.2) is 9.37 Å². The molecule has 1 aromatic heterocycles. The molecule has 104 valence electrons. The topological polar surface area (TPSA) is 46.9 Å². The number of halogens is 2. The zero-order valence-electron chi connectivity index (χ0n) is 10.7. The maximum Gasteiger partial charge on any atom is 0.257 e. The Hall–Kier alpha value is -1.53. The Labute approximate surface area is 123 Å². The van der Waals surface area contributed by atoms with Gasteiger partial charge in [0.2, 0.25) is 0 Å². The molecule has 0 amide bonds. The molecule has 1 aliphatic rings. The van der Waals surface area contributed by atoms with Crippen LogP contribution in [0.1, 0.15) is 16.8 Å². The summed E-state index contributed by atoms with van der Waals surface area (Å²) in [4.78, 5) is 16.7. The highest BCUT2D eigenvalue weighted by Crippen LogP contribution is 2.17. The van der Waals surface area contributed by atoms with Crippen LogP contribution in [0.5, 0.6) is 0 Å². The maximum absolute atomic E-state index is 13.2. The highest BCUT2D eigenvalue weighted by atomic mass is 79.9. The van der Waals surface area contributed by atoms with Crippen molar-refractivity contribution in [3.05, 3.63) is 62.0 Å². The van der Waals surface area contributed by atoms with Gasteiger partial charge in [0.1, 0.15) is 5.82 Å². The lowest BCUT2D eigenvalue weighted by atomic mass is 10.1. The van der Waals surface area contributed by atoms with Crippen LogP contribution in [-0.4, -0.2) is 16.1 Å². The molecule has 1 aromatic carbocycles. The average molecular weight is 338 g/mol. The molecule has 0 bridgehead atoms. The number of rotatable bonds is 2. The number of aromatic nitrogens is 2. The van der Waals surface area contributed by atoms with Crippen LogP contribution in [0.4, 0.5) is 4.39 Å². The highest BCUT2D eigenvalue weighted by Gasteiger charge is 2.15. The van der Waals surface area contributed by atoms with E-state index in [4.69, 9.17) is 0 Å². The van der Waals surface area contributed by atoms with E-state index in [0.717, 1.165) is 23.4 Å². The van der Waals surface area contributed by atoms with Gasteiger partial charge in [-0.2, -0.15) is 0 Å². The summed E-state index contributed by atoms with van der Waals surface area (Å²) < 4.78 is 15.2. The maximum atomic E-state index is 13.2. The molecule has 0 saturated heterocycles. The van der Waals surface area contributed by atoms with E-state index in [1.54, 1.807) is 23.0 Å². The van der Waals surface area contributed by atoms with Gasteiger partial charge >= 0.3 is 0 Å². The molecule has 0 unspecified atom stereocenters. The van der Waals surface area contributed by atoms with Crippen molar-refractivity contribution in [2.45, 2.75) is 19.5 Å². The molecule has 6 heteroatoms. The molecule has 0 atom stereocenters. The minimum atomic E-state index is -0.310. The number of hydrogen-bond donors (Lipinski definition) is 1. The first-order valence-corrected chi connectivity index (χ1v) is 7.16. The second-order valence-electron chi connectivity index (χ2n) is 4.78. The number of fused-ring (bicyclic) bond motifs is 1. The molecule has 20 heavy (non-hydrogen) atoms. The first-order valence-electron chi connectivity index (χ1n) is 6.37. The van der Waals surface area contributed by atoms with E-state index in [0.29, 0.717) is 24.0 Å². The van der Waals surface area contributed by atoms with Crippen molar-refractivity contribution in [1.29, 1.82) is 0 Å². The lowest BCUT2D eigenvalue weighted by molar-refractivity contribution is 0.595. The summed E-state index contributed by atoms with van der Waals surface area (Å²) in [7, 11) is 0. The van der Waals surface area contributed by atoms with Crippen LogP contribution in [0.3, 0.4) is 0 Å². The molecule has 0 radical (unpaired) electrons. The second kappa shape index (κ2) is 5.46. The summed E-state index contributed by atoms with van der Waals surface area (Å²) in [6.45, 7) is 1.84. The fourth-order valence-electron chi connectivity index (χ4n) is 2.34. The van der Waals surface area contributed by atoms with Crippen molar-refractivity contribution in [3.8, 4) is 0 Å². The van der Waals surface area contributed by atoms with Crippen LogP contribution >= 0.6 is 15.9 Å². The molecule has 0 spiro atoms. The number of nitrogens with one attached hydrogen (secondary N) is 1. The van der Waals surface area contributed by atoms with E-state index in [2.05, 4.69) is 26.2 Å². The van der Waals surface area contributed by atoms with Gasteiger partial charge in [-0.05, 0) is 46.6 Å². The molecular formula is C14H13BrFN3O. The van der Waals surface area contributed by atoms with E-state index in [1.165, 1.54) is 6.07 Å². The minimum Gasteiger partial charge on any atom is -0.311 e. The van der Waals surface area contributed by atoms with Gasteiger partial charge < -0.3 is 5.32 Å². The Morgan fingerprint density at radius 3 is 3.10 bits per heavy atom. The molecule has 1 aliphatic heterocycles. The van der Waals surface area contributed by atoms with Crippen molar-refractivity contribution in [2.24, 2.45) is 0 Å². The fourth-order valence-corrected chi connectivity index (χ4v) is 2.76. The van der Waals surface area contributed by atoms with Gasteiger partial charge in [-0.1, -0.05) is 6.07 Å². The van der Waals surface area contributed by atoms with Crippen molar-refractivity contribution in [3.63, 3.8) is 0 Å². The quantitative estimate of drug-likeness (QED) is 0.909. The number of hydrogen-bond acceptors (Lipinski definition) is 3. The van der Waals surface area contributed by atoms with Crippen molar-refractivity contribution < 1.29 is 4.39 Å². The standard InChI is InChI=1S/C14H13BrFN3O/c15-11-5-9(1-2-12(11)16)7-19-8-18-13-6-17-4-3-10(13)14(19)20/h1-2,5,8,17H,3-4,6-7H2. The van der Waals surface area contributed by atoms with Crippen molar-refractivity contribution >= 4 is 15.9 Å². The molecule has 0 saturated carbocycles. The van der Waals surface area contributed by atoms with Crippen LogP contribution in [0.15, 0.2) is 33.8 Å². The summed E-state index contributed by atoms with van der Waals surface area (Å²) in [5.74, 6) is -0.310. The van der Waals surface area contributed by atoms with Gasteiger partial charge in [0, 0.05) is 12.1 Å². The molecule has 0 aliphatic carbocycles. The molecular weight excluding hydrogens is 325 g/mol. The van der Waals surface area contributed by atoms with Crippen LogP contribution in [0, 0.1) is 5.82 Å². The summed E-state index contributed by atoms with van der Waals surface area (Å²) >= 11 is 3.15. The Bertz CT molecular complexity index is 714. The van der Waals surface area contributed by atoms with E-state index in [9.17, 15) is 9.18 Å². The Morgan fingerprint density at radius 1 is 1.45 bits per heavy atom. The molecule has 2 aromatic rings. The van der Waals surface area contributed by atoms with Gasteiger partial charge in [0.15, 0.2) is 0 Å². The minimum absolute atomic E-state index is 0.00283. The number of nitrogens with zero attached hydrogens (tertiary/aromatic N) is 2. The van der Waals surface area contributed by atoms with Crippen molar-refractivity contribution in [2.75, 3.05) is 6.54 Å². The third-order valence-corrected chi connectivity index (χ3v) is 4.01. The average Bonchev–Trinajstić information content (AvgIpc) is 2.46. The van der Waals surface area contributed by atoms with E-state index in [-0.39, 0.29) is 11.4 Å². The summed E-state index contributed by atoms with van der Waals surface area (Å²) in [6, 6.07) is 4.75.